The fraction of sp³-hybridized carbons (Fsp3) is 0.462. The van der Waals surface area contributed by atoms with E-state index in [0.29, 0.717) is 24.7 Å². The third kappa shape index (κ3) is 2.39. The first-order valence-corrected chi connectivity index (χ1v) is 9.33. The molecule has 0 aromatic carbocycles. The summed E-state index contributed by atoms with van der Waals surface area (Å²) in [4.78, 5) is 36.3. The van der Waals surface area contributed by atoms with Crippen molar-refractivity contribution >= 4 is 29.3 Å². The molecule has 0 aliphatic carbocycles. The summed E-state index contributed by atoms with van der Waals surface area (Å²) in [6.07, 6.45) is 5.62. The van der Waals surface area contributed by atoms with Gasteiger partial charge in [-0.3, -0.25) is 15.4 Å². The Kier molecular flexibility index (Phi) is 4.16. The van der Waals surface area contributed by atoms with E-state index in [4.69, 9.17) is 0 Å². The second-order valence-corrected chi connectivity index (χ2v) is 7.78. The number of hydrogen-bond acceptors (Lipinski definition) is 11. The van der Waals surface area contributed by atoms with Crippen LogP contribution < -0.4 is 10.6 Å². The molecule has 9 nitrogen and oxygen atoms in total. The molecule has 2 aliphatic rings. The van der Waals surface area contributed by atoms with Crippen LogP contribution in [0.3, 0.4) is 0 Å². The van der Waals surface area contributed by atoms with Crippen LogP contribution in [0.15, 0.2) is 25.3 Å². The van der Waals surface area contributed by atoms with E-state index in [2.05, 4.69) is 40.5 Å². The van der Waals surface area contributed by atoms with Crippen LogP contribution in [-0.4, -0.2) is 60.3 Å². The molecule has 0 bridgehead atoms. The summed E-state index contributed by atoms with van der Waals surface area (Å²) in [6, 6.07) is 0. The van der Waals surface area contributed by atoms with Gasteiger partial charge in [0, 0.05) is 24.6 Å². The van der Waals surface area contributed by atoms with Crippen LogP contribution in [-0.2, 0) is 14.5 Å². The summed E-state index contributed by atoms with van der Waals surface area (Å²) in [5.41, 5.74) is 0. The average Bonchev–Trinajstić information content (AvgIpc) is 3.34. The van der Waals surface area contributed by atoms with Crippen LogP contribution in [0.2, 0.25) is 0 Å². The first-order chi connectivity index (χ1) is 11.8. The second kappa shape index (κ2) is 6.31. The predicted octanol–water partition coefficient (Wildman–Crippen LogP) is -0.696. The minimum atomic E-state index is -1.04. The largest absolute Gasteiger partial charge is 0.292 e. The summed E-state index contributed by atoms with van der Waals surface area (Å²) in [6.45, 7) is 1.39. The molecule has 0 amide bonds. The van der Waals surface area contributed by atoms with Gasteiger partial charge in [0.05, 0.1) is 0 Å². The molecule has 124 valence electrons. The first-order valence-electron chi connectivity index (χ1n) is 7.36. The summed E-state index contributed by atoms with van der Waals surface area (Å²) < 4.78 is 0. The summed E-state index contributed by atoms with van der Waals surface area (Å²) in [7, 11) is 0. The maximum absolute atomic E-state index is 13.7. The number of thioether (sulfide) groups is 2. The Morgan fingerprint density at radius 1 is 0.833 bits per heavy atom. The van der Waals surface area contributed by atoms with Gasteiger partial charge in [0.2, 0.25) is 5.78 Å². The van der Waals surface area contributed by atoms with Gasteiger partial charge < -0.3 is 0 Å². The molecule has 2 unspecified atom stereocenters. The molecule has 2 aliphatic heterocycles. The maximum atomic E-state index is 13.7. The van der Waals surface area contributed by atoms with Crippen LogP contribution >= 0.6 is 23.5 Å². The number of nitrogens with zero attached hydrogens (tertiary/aromatic N) is 6. The Morgan fingerprint density at radius 2 is 1.25 bits per heavy atom. The van der Waals surface area contributed by atoms with E-state index in [1.165, 1.54) is 48.8 Å². The van der Waals surface area contributed by atoms with Crippen molar-refractivity contribution in [3.63, 3.8) is 0 Å². The van der Waals surface area contributed by atoms with Gasteiger partial charge in [-0.25, -0.2) is 29.9 Å². The molecule has 0 spiro atoms. The van der Waals surface area contributed by atoms with Gasteiger partial charge in [0.1, 0.15) is 25.3 Å². The highest BCUT2D eigenvalue weighted by molar-refractivity contribution is 8.02. The zero-order valence-corrected chi connectivity index (χ0v) is 14.2. The molecule has 2 atom stereocenters. The molecule has 2 aromatic heterocycles. The van der Waals surface area contributed by atoms with Crippen molar-refractivity contribution < 1.29 is 4.79 Å². The zero-order chi connectivity index (χ0) is 16.5. The molecular formula is C13H14N8OS2. The topological polar surface area (TPSA) is 118 Å². The second-order valence-electron chi connectivity index (χ2n) is 5.17. The number of Topliss-reactive ketones (excluding diaryl/α,β-unsaturated/α-hetero) is 1. The van der Waals surface area contributed by atoms with Crippen molar-refractivity contribution in [2.24, 2.45) is 0 Å². The molecule has 4 rings (SSSR count). The lowest BCUT2D eigenvalue weighted by atomic mass is 10.0. The molecule has 2 saturated heterocycles. The van der Waals surface area contributed by atoms with Crippen LogP contribution in [0.5, 0.6) is 0 Å². The van der Waals surface area contributed by atoms with Crippen LogP contribution in [0.25, 0.3) is 0 Å². The molecule has 2 aromatic rings. The van der Waals surface area contributed by atoms with Crippen molar-refractivity contribution in [1.29, 1.82) is 0 Å². The molecule has 0 saturated carbocycles. The van der Waals surface area contributed by atoms with Crippen molar-refractivity contribution in [3.05, 3.63) is 37.0 Å². The SMILES string of the molecule is O=C(C1(c2ncncn2)NCCS1)C1(c2ncncn2)NCCS1. The van der Waals surface area contributed by atoms with Crippen molar-refractivity contribution in [3.8, 4) is 0 Å². The number of rotatable bonds is 4. The molecule has 2 N–H and O–H groups in total. The molecule has 2 fully saturated rings. The lowest BCUT2D eigenvalue weighted by Crippen LogP contribution is -2.56. The predicted molar refractivity (Wildman–Crippen MR) is 88.9 cm³/mol. The van der Waals surface area contributed by atoms with E-state index in [-0.39, 0.29) is 5.78 Å². The highest BCUT2D eigenvalue weighted by Crippen LogP contribution is 2.47. The fourth-order valence-corrected chi connectivity index (χ4v) is 5.37. The number of carbonyl (C=O) groups is 1. The Morgan fingerprint density at radius 3 is 1.58 bits per heavy atom. The standard InChI is InChI=1S/C13H14N8OS2/c22-9(12(20-1-3-23-12)10-16-5-14-6-17-10)13(21-2-4-24-13)11-18-7-15-8-19-11/h5-8,20-21H,1-4H2. The highest BCUT2D eigenvalue weighted by atomic mass is 32.2. The lowest BCUT2D eigenvalue weighted by molar-refractivity contribution is -0.126. The summed E-state index contributed by atoms with van der Waals surface area (Å²) in [5, 5.41) is 6.59. The molecular weight excluding hydrogens is 348 g/mol. The van der Waals surface area contributed by atoms with E-state index < -0.39 is 9.74 Å². The smallest absolute Gasteiger partial charge is 0.209 e. The molecule has 11 heteroatoms. The van der Waals surface area contributed by atoms with Gasteiger partial charge in [0.25, 0.3) is 0 Å². The Hall–Kier alpha value is -1.69. The normalized spacial score (nSPS) is 29.7. The molecule has 24 heavy (non-hydrogen) atoms. The Balaban J connectivity index is 1.82. The minimum Gasteiger partial charge on any atom is -0.292 e. The van der Waals surface area contributed by atoms with Gasteiger partial charge in [-0.05, 0) is 0 Å². The van der Waals surface area contributed by atoms with E-state index in [1.54, 1.807) is 0 Å². The molecule has 0 radical (unpaired) electrons. The van der Waals surface area contributed by atoms with Gasteiger partial charge in [-0.1, -0.05) is 0 Å². The van der Waals surface area contributed by atoms with Crippen LogP contribution in [0.4, 0.5) is 0 Å². The third-order valence-electron chi connectivity index (χ3n) is 3.85. The van der Waals surface area contributed by atoms with Gasteiger partial charge >= 0.3 is 0 Å². The number of ketones is 1. The Labute approximate surface area is 146 Å². The van der Waals surface area contributed by atoms with Crippen LogP contribution in [0.1, 0.15) is 11.6 Å². The average molecular weight is 362 g/mol. The summed E-state index contributed by atoms with van der Waals surface area (Å²) >= 11 is 2.99. The van der Waals surface area contributed by atoms with Gasteiger partial charge in [-0.15, -0.1) is 23.5 Å². The van der Waals surface area contributed by atoms with Crippen molar-refractivity contribution in [1.82, 2.24) is 40.5 Å². The van der Waals surface area contributed by atoms with E-state index in [0.717, 1.165) is 11.5 Å². The quantitative estimate of drug-likeness (QED) is 0.719. The third-order valence-corrected chi connectivity index (χ3v) is 6.55. The number of hydrogen-bond donors (Lipinski definition) is 2. The Bertz CT molecular complexity index is 658. The van der Waals surface area contributed by atoms with Crippen LogP contribution in [0, 0.1) is 0 Å². The number of carbonyl (C=O) groups excluding carboxylic acids is 1. The fourth-order valence-electron chi connectivity index (χ4n) is 2.84. The van der Waals surface area contributed by atoms with Crippen molar-refractivity contribution in [2.75, 3.05) is 24.6 Å². The molecule has 4 heterocycles. The maximum Gasteiger partial charge on any atom is 0.209 e. The number of nitrogens with one attached hydrogen (secondary N) is 2. The van der Waals surface area contributed by atoms with Crippen molar-refractivity contribution in [2.45, 2.75) is 9.74 Å². The lowest BCUT2D eigenvalue weighted by Gasteiger charge is -2.34. The minimum absolute atomic E-state index is 0.0996. The first kappa shape index (κ1) is 15.8. The number of aromatic nitrogens is 6. The summed E-state index contributed by atoms with van der Waals surface area (Å²) in [5.74, 6) is 2.29. The monoisotopic (exact) mass is 362 g/mol. The highest BCUT2D eigenvalue weighted by Gasteiger charge is 2.58. The van der Waals surface area contributed by atoms with Gasteiger partial charge in [-0.2, -0.15) is 0 Å². The van der Waals surface area contributed by atoms with E-state index in [9.17, 15) is 4.79 Å². The van der Waals surface area contributed by atoms with Gasteiger partial charge in [0.15, 0.2) is 21.4 Å². The zero-order valence-electron chi connectivity index (χ0n) is 12.5. The van der Waals surface area contributed by atoms with E-state index >= 15 is 0 Å². The van der Waals surface area contributed by atoms with E-state index in [1.807, 2.05) is 0 Å².